The quantitative estimate of drug-likeness (QED) is 0.503. The second-order valence-electron chi connectivity index (χ2n) is 5.33. The molecule has 0 aliphatic heterocycles. The zero-order valence-corrected chi connectivity index (χ0v) is 13.7. The molecule has 0 N–H and O–H groups in total. The Hall–Kier alpha value is -2.58. The lowest BCUT2D eigenvalue weighted by Gasteiger charge is -2.07. The van der Waals surface area contributed by atoms with Crippen molar-refractivity contribution in [2.24, 2.45) is 0 Å². The number of hydrogen-bond acceptors (Lipinski definition) is 1. The average molecular weight is 339 g/mol. The molecule has 0 saturated carbocycles. The van der Waals surface area contributed by atoms with Gasteiger partial charge in [-0.3, -0.25) is 0 Å². The minimum absolute atomic E-state index is 0.263. The van der Waals surface area contributed by atoms with Gasteiger partial charge in [0.05, 0.1) is 0 Å². The van der Waals surface area contributed by atoms with Gasteiger partial charge in [-0.25, -0.2) is 4.39 Å². The van der Waals surface area contributed by atoms with Crippen LogP contribution >= 0.6 is 11.6 Å². The Morgan fingerprint density at radius 3 is 2.33 bits per heavy atom. The maximum atomic E-state index is 14.2. The minimum Gasteiger partial charge on any atom is -0.457 e. The first kappa shape index (κ1) is 16.3. The van der Waals surface area contributed by atoms with Crippen LogP contribution in [0.15, 0.2) is 84.9 Å². The van der Waals surface area contributed by atoms with E-state index < -0.39 is 0 Å². The normalized spacial score (nSPS) is 11.3. The van der Waals surface area contributed by atoms with Gasteiger partial charge >= 0.3 is 0 Å². The highest BCUT2D eigenvalue weighted by Crippen LogP contribution is 2.23. The van der Waals surface area contributed by atoms with Crippen LogP contribution in [-0.2, 0) is 6.42 Å². The maximum absolute atomic E-state index is 14.2. The first-order valence-corrected chi connectivity index (χ1v) is 8.02. The summed E-state index contributed by atoms with van der Waals surface area (Å²) in [5, 5.41) is 0.595. The van der Waals surface area contributed by atoms with Gasteiger partial charge in [0.15, 0.2) is 0 Å². The summed E-state index contributed by atoms with van der Waals surface area (Å²) in [5.74, 6) is 1.25. The predicted molar refractivity (Wildman–Crippen MR) is 97.2 cm³/mol. The fourth-order valence-corrected chi connectivity index (χ4v) is 2.42. The van der Waals surface area contributed by atoms with Crippen molar-refractivity contribution in [2.45, 2.75) is 6.42 Å². The highest BCUT2D eigenvalue weighted by molar-refractivity contribution is 6.30. The summed E-state index contributed by atoms with van der Waals surface area (Å²) in [5.41, 5.74) is 1.50. The van der Waals surface area contributed by atoms with Crippen molar-refractivity contribution in [3.8, 4) is 11.5 Å². The summed E-state index contributed by atoms with van der Waals surface area (Å²) in [4.78, 5) is 0. The van der Waals surface area contributed by atoms with E-state index in [2.05, 4.69) is 0 Å². The van der Waals surface area contributed by atoms with Gasteiger partial charge in [0.1, 0.15) is 17.3 Å². The molecular weight excluding hydrogens is 323 g/mol. The van der Waals surface area contributed by atoms with Crippen molar-refractivity contribution in [3.05, 3.63) is 101 Å². The van der Waals surface area contributed by atoms with E-state index in [1.807, 2.05) is 54.6 Å². The lowest BCUT2D eigenvalue weighted by atomic mass is 10.1. The molecule has 24 heavy (non-hydrogen) atoms. The van der Waals surface area contributed by atoms with Gasteiger partial charge in [0, 0.05) is 10.6 Å². The van der Waals surface area contributed by atoms with E-state index in [1.54, 1.807) is 30.3 Å². The van der Waals surface area contributed by atoms with Gasteiger partial charge in [-0.15, -0.1) is 0 Å². The monoisotopic (exact) mass is 338 g/mol. The van der Waals surface area contributed by atoms with Gasteiger partial charge in [-0.05, 0) is 54.5 Å². The molecule has 0 atom stereocenters. The molecule has 0 radical (unpaired) electrons. The van der Waals surface area contributed by atoms with Crippen LogP contribution in [0.3, 0.4) is 0 Å². The summed E-state index contributed by atoms with van der Waals surface area (Å²) in [6.07, 6.45) is 2.05. The highest BCUT2D eigenvalue weighted by atomic mass is 35.5. The number of rotatable bonds is 5. The van der Waals surface area contributed by atoms with E-state index in [0.717, 1.165) is 17.1 Å². The fraction of sp³-hybridized carbons (Fsp3) is 0.0476. The highest BCUT2D eigenvalue weighted by Gasteiger charge is 2.02. The number of benzene rings is 3. The molecule has 0 unspecified atom stereocenters. The molecule has 0 aromatic heterocycles. The molecular formula is C21H16ClFO. The van der Waals surface area contributed by atoms with Crippen LogP contribution in [0.1, 0.15) is 11.1 Å². The van der Waals surface area contributed by atoms with E-state index in [0.29, 0.717) is 17.0 Å². The van der Waals surface area contributed by atoms with Gasteiger partial charge in [0.2, 0.25) is 0 Å². The third-order valence-corrected chi connectivity index (χ3v) is 3.77. The summed E-state index contributed by atoms with van der Waals surface area (Å²) in [6, 6.07) is 23.9. The Morgan fingerprint density at radius 1 is 0.875 bits per heavy atom. The topological polar surface area (TPSA) is 9.23 Å². The average Bonchev–Trinajstić information content (AvgIpc) is 2.61. The molecule has 3 aromatic carbocycles. The Kier molecular flexibility index (Phi) is 5.29. The number of halogens is 2. The molecule has 3 heteroatoms. The van der Waals surface area contributed by atoms with Gasteiger partial charge < -0.3 is 4.74 Å². The number of ether oxygens (including phenoxy) is 1. The maximum Gasteiger partial charge on any atom is 0.127 e. The predicted octanol–water partition coefficient (Wildman–Crippen LogP) is 6.69. The minimum atomic E-state index is -0.263. The fourth-order valence-electron chi connectivity index (χ4n) is 2.29. The van der Waals surface area contributed by atoms with E-state index in [-0.39, 0.29) is 5.83 Å². The van der Waals surface area contributed by atoms with Gasteiger partial charge in [-0.2, -0.15) is 0 Å². The third kappa shape index (κ3) is 4.46. The number of para-hydroxylation sites is 1. The molecule has 0 aliphatic carbocycles. The second-order valence-corrected chi connectivity index (χ2v) is 5.76. The summed E-state index contributed by atoms with van der Waals surface area (Å²) < 4.78 is 20.0. The molecule has 0 bridgehead atoms. The lowest BCUT2D eigenvalue weighted by molar-refractivity contribution is 0.482. The number of hydrogen-bond donors (Lipinski definition) is 0. The molecule has 1 nitrogen and oxygen atoms in total. The second kappa shape index (κ2) is 7.80. The largest absolute Gasteiger partial charge is 0.457 e. The van der Waals surface area contributed by atoms with Crippen LogP contribution in [0.2, 0.25) is 5.02 Å². The van der Waals surface area contributed by atoms with Gasteiger partial charge in [-0.1, -0.05) is 54.1 Å². The standard InChI is InChI=1S/C21H16ClFO/c22-18-12-10-17(11-13-18)21(23)14-9-16-5-4-8-20(15-16)24-19-6-2-1-3-7-19/h1-8,10-15H,9H2. The third-order valence-electron chi connectivity index (χ3n) is 3.51. The molecule has 0 saturated heterocycles. The molecule has 0 fully saturated rings. The van der Waals surface area contributed by atoms with Crippen LogP contribution in [0.5, 0.6) is 11.5 Å². The van der Waals surface area contributed by atoms with E-state index >= 15 is 0 Å². The van der Waals surface area contributed by atoms with E-state index in [1.165, 1.54) is 0 Å². The summed E-state index contributed by atoms with van der Waals surface area (Å²) >= 11 is 5.82. The van der Waals surface area contributed by atoms with Crippen LogP contribution in [0.25, 0.3) is 5.83 Å². The first-order valence-electron chi connectivity index (χ1n) is 7.64. The SMILES string of the molecule is FC(=CCc1cccc(Oc2ccccc2)c1)c1ccc(Cl)cc1. The van der Waals surface area contributed by atoms with Crippen molar-refractivity contribution in [3.63, 3.8) is 0 Å². The Labute approximate surface area is 146 Å². The molecule has 0 aliphatic rings. The Bertz CT molecular complexity index is 826. The molecule has 3 aromatic rings. The Morgan fingerprint density at radius 2 is 1.58 bits per heavy atom. The van der Waals surface area contributed by atoms with Gasteiger partial charge in [0.25, 0.3) is 0 Å². The summed E-state index contributed by atoms with van der Waals surface area (Å²) in [6.45, 7) is 0. The van der Waals surface area contributed by atoms with E-state index in [9.17, 15) is 4.39 Å². The van der Waals surface area contributed by atoms with Crippen LogP contribution in [0.4, 0.5) is 4.39 Å². The molecule has 0 amide bonds. The number of allylic oxidation sites excluding steroid dienone is 1. The van der Waals surface area contributed by atoms with E-state index in [4.69, 9.17) is 16.3 Å². The smallest absolute Gasteiger partial charge is 0.127 e. The van der Waals surface area contributed by atoms with Crippen LogP contribution in [-0.4, -0.2) is 0 Å². The zero-order valence-electron chi connectivity index (χ0n) is 13.0. The first-order chi connectivity index (χ1) is 11.7. The lowest BCUT2D eigenvalue weighted by Crippen LogP contribution is -1.87. The van der Waals surface area contributed by atoms with Crippen LogP contribution in [0, 0.1) is 0 Å². The molecule has 3 rings (SSSR count). The van der Waals surface area contributed by atoms with Crippen molar-refractivity contribution in [2.75, 3.05) is 0 Å². The molecule has 120 valence electrons. The van der Waals surface area contributed by atoms with Crippen molar-refractivity contribution in [1.82, 2.24) is 0 Å². The van der Waals surface area contributed by atoms with Crippen molar-refractivity contribution >= 4 is 17.4 Å². The molecule has 0 heterocycles. The zero-order chi connectivity index (χ0) is 16.8. The molecule has 0 spiro atoms. The van der Waals surface area contributed by atoms with Crippen molar-refractivity contribution in [1.29, 1.82) is 0 Å². The van der Waals surface area contributed by atoms with Crippen molar-refractivity contribution < 1.29 is 9.13 Å². The Balaban J connectivity index is 1.70. The summed E-state index contributed by atoms with van der Waals surface area (Å²) in [7, 11) is 0. The van der Waals surface area contributed by atoms with Crippen LogP contribution < -0.4 is 4.74 Å².